The fraction of sp³-hybridized carbons (Fsp3) is 0.125. The van der Waals surface area contributed by atoms with Crippen LogP contribution in [0.3, 0.4) is 0 Å². The number of fused-ring (bicyclic) bond motifs is 3. The van der Waals surface area contributed by atoms with E-state index in [1.165, 1.54) is 18.5 Å². The van der Waals surface area contributed by atoms with E-state index in [2.05, 4.69) is 4.99 Å². The van der Waals surface area contributed by atoms with E-state index in [-0.39, 0.29) is 11.4 Å². The van der Waals surface area contributed by atoms with E-state index < -0.39 is 11.9 Å². The second-order valence-corrected chi connectivity index (χ2v) is 7.29. The fourth-order valence-electron chi connectivity index (χ4n) is 3.85. The number of aromatic nitrogens is 1. The van der Waals surface area contributed by atoms with Crippen LogP contribution < -0.4 is 4.74 Å². The highest BCUT2D eigenvalue weighted by Crippen LogP contribution is 2.50. The highest BCUT2D eigenvalue weighted by atomic mass is 19.4. The van der Waals surface area contributed by atoms with Gasteiger partial charge in [-0.25, -0.2) is 4.99 Å². The molecule has 0 radical (unpaired) electrons. The van der Waals surface area contributed by atoms with Gasteiger partial charge in [0.15, 0.2) is 0 Å². The van der Waals surface area contributed by atoms with Crippen LogP contribution in [0, 0.1) is 6.92 Å². The summed E-state index contributed by atoms with van der Waals surface area (Å²) in [6, 6.07) is 22.8. The van der Waals surface area contributed by atoms with E-state index in [0.29, 0.717) is 5.56 Å². The molecule has 0 saturated carbocycles. The van der Waals surface area contributed by atoms with Gasteiger partial charge in [-0.3, -0.25) is 4.57 Å². The van der Waals surface area contributed by atoms with Crippen molar-refractivity contribution in [1.82, 2.24) is 4.57 Å². The van der Waals surface area contributed by atoms with E-state index in [1.54, 1.807) is 16.7 Å². The summed E-state index contributed by atoms with van der Waals surface area (Å²) in [5.74, 6) is 0.121. The summed E-state index contributed by atoms with van der Waals surface area (Å²) in [7, 11) is 0. The topological polar surface area (TPSA) is 26.5 Å². The van der Waals surface area contributed by atoms with Gasteiger partial charge < -0.3 is 4.74 Å². The minimum absolute atomic E-state index is 0.0626. The van der Waals surface area contributed by atoms with Crippen LogP contribution in [0.1, 0.15) is 11.1 Å². The van der Waals surface area contributed by atoms with Crippen LogP contribution in [0.2, 0.25) is 0 Å². The van der Waals surface area contributed by atoms with Gasteiger partial charge in [0.2, 0.25) is 5.88 Å². The first-order valence-corrected chi connectivity index (χ1v) is 9.47. The summed E-state index contributed by atoms with van der Waals surface area (Å²) in [4.78, 5) is 3.92. The highest BCUT2D eigenvalue weighted by molar-refractivity contribution is 6.03. The second kappa shape index (κ2) is 6.49. The van der Waals surface area contributed by atoms with Gasteiger partial charge in [0.25, 0.3) is 0 Å². The number of hydrogen-bond acceptors (Lipinski definition) is 2. The maximum atomic E-state index is 14.4. The number of hydrogen-bond donors (Lipinski definition) is 0. The molecule has 4 aromatic rings. The fourth-order valence-corrected chi connectivity index (χ4v) is 3.85. The summed E-state index contributed by atoms with van der Waals surface area (Å²) >= 11 is 0. The molecule has 1 aliphatic rings. The van der Waals surface area contributed by atoms with Crippen molar-refractivity contribution < 1.29 is 17.9 Å². The molecule has 0 N–H and O–H groups in total. The van der Waals surface area contributed by atoms with Gasteiger partial charge in [0.05, 0.1) is 11.1 Å². The molecule has 150 valence electrons. The van der Waals surface area contributed by atoms with Crippen molar-refractivity contribution in [3.63, 3.8) is 0 Å². The van der Waals surface area contributed by atoms with Crippen LogP contribution in [-0.4, -0.2) is 17.1 Å². The normalized spacial score (nSPS) is 18.3. The first kappa shape index (κ1) is 18.5. The first-order valence-electron chi connectivity index (χ1n) is 9.47. The summed E-state index contributed by atoms with van der Waals surface area (Å²) in [6.07, 6.45) is -3.53. The Labute approximate surface area is 171 Å². The Morgan fingerprint density at radius 2 is 1.53 bits per heavy atom. The van der Waals surface area contributed by atoms with Crippen molar-refractivity contribution in [2.75, 3.05) is 0 Å². The molecule has 1 aromatic heterocycles. The Balaban J connectivity index is 1.80. The Morgan fingerprint density at radius 1 is 0.867 bits per heavy atom. The lowest BCUT2D eigenvalue weighted by Gasteiger charge is -2.35. The number of aryl methyl sites for hydroxylation is 1. The van der Waals surface area contributed by atoms with Crippen LogP contribution in [0.25, 0.3) is 22.0 Å². The standard InChI is InChI=1S/C24H17F3N2O/c1-16-11-13-18(14-12-16)23(24(25,26)27)28-15-29-20-10-6-5-9-19(20)21(22(29)30-23)17-7-3-2-4-8-17/h2-15H,1H3/t23-/m0/s1. The molecule has 0 fully saturated rings. The molecule has 1 atom stereocenters. The molecule has 0 unspecified atom stereocenters. The minimum atomic E-state index is -4.76. The summed E-state index contributed by atoms with van der Waals surface area (Å²) < 4.78 is 50.7. The molecular formula is C24H17F3N2O. The number of ether oxygens (including phenoxy) is 1. The number of halogens is 3. The summed E-state index contributed by atoms with van der Waals surface area (Å²) in [5.41, 5.74) is 0.0992. The van der Waals surface area contributed by atoms with E-state index in [9.17, 15) is 13.2 Å². The predicted molar refractivity (Wildman–Crippen MR) is 111 cm³/mol. The third kappa shape index (κ3) is 2.64. The quantitative estimate of drug-likeness (QED) is 0.384. The lowest BCUT2D eigenvalue weighted by molar-refractivity contribution is -0.253. The van der Waals surface area contributed by atoms with E-state index in [0.717, 1.165) is 22.0 Å². The van der Waals surface area contributed by atoms with Gasteiger partial charge in [-0.05, 0) is 18.6 Å². The first-order chi connectivity index (χ1) is 14.4. The molecule has 0 bridgehead atoms. The number of rotatable bonds is 2. The molecule has 30 heavy (non-hydrogen) atoms. The van der Waals surface area contributed by atoms with Gasteiger partial charge in [0, 0.05) is 10.9 Å². The molecular weight excluding hydrogens is 389 g/mol. The zero-order chi connectivity index (χ0) is 20.9. The monoisotopic (exact) mass is 406 g/mol. The van der Waals surface area contributed by atoms with Crippen molar-refractivity contribution in [1.29, 1.82) is 0 Å². The van der Waals surface area contributed by atoms with E-state index >= 15 is 0 Å². The average Bonchev–Trinajstić information content (AvgIpc) is 3.07. The SMILES string of the molecule is Cc1ccc([C@]2(C(F)(F)F)N=Cn3c(c(-c4ccccc4)c4ccccc43)O2)cc1. The third-order valence-electron chi connectivity index (χ3n) is 5.35. The molecule has 3 nitrogen and oxygen atoms in total. The van der Waals surface area contributed by atoms with Crippen LogP contribution in [-0.2, 0) is 5.72 Å². The molecule has 0 saturated heterocycles. The van der Waals surface area contributed by atoms with Crippen molar-refractivity contribution in [2.45, 2.75) is 18.8 Å². The van der Waals surface area contributed by atoms with Gasteiger partial charge in [-0.15, -0.1) is 0 Å². The number of aliphatic imine (C=N–C) groups is 1. The van der Waals surface area contributed by atoms with Gasteiger partial charge in [-0.1, -0.05) is 78.4 Å². The molecule has 0 amide bonds. The Morgan fingerprint density at radius 3 is 2.23 bits per heavy atom. The molecule has 5 rings (SSSR count). The van der Waals surface area contributed by atoms with Crippen LogP contribution in [0.15, 0.2) is 83.9 Å². The second-order valence-electron chi connectivity index (χ2n) is 7.29. The van der Waals surface area contributed by atoms with E-state index in [4.69, 9.17) is 4.74 Å². The Kier molecular flexibility index (Phi) is 4.00. The lowest BCUT2D eigenvalue weighted by Crippen LogP contribution is -2.48. The number of para-hydroxylation sites is 1. The van der Waals surface area contributed by atoms with Crippen LogP contribution in [0.5, 0.6) is 5.88 Å². The third-order valence-corrected chi connectivity index (χ3v) is 5.35. The number of nitrogens with zero attached hydrogens (tertiary/aromatic N) is 2. The van der Waals surface area contributed by atoms with Gasteiger partial charge in [0.1, 0.15) is 6.34 Å². The van der Waals surface area contributed by atoms with Crippen molar-refractivity contribution in [3.8, 4) is 17.0 Å². The van der Waals surface area contributed by atoms with Crippen molar-refractivity contribution >= 4 is 17.2 Å². The largest absolute Gasteiger partial charge is 0.455 e. The number of benzene rings is 3. The maximum Gasteiger partial charge on any atom is 0.455 e. The molecule has 6 heteroatoms. The number of alkyl halides is 3. The summed E-state index contributed by atoms with van der Waals surface area (Å²) in [5, 5.41) is 0.798. The smallest absolute Gasteiger partial charge is 0.436 e. The highest BCUT2D eigenvalue weighted by Gasteiger charge is 2.61. The minimum Gasteiger partial charge on any atom is -0.436 e. The van der Waals surface area contributed by atoms with Crippen LogP contribution in [0.4, 0.5) is 13.2 Å². The molecule has 0 aliphatic carbocycles. The van der Waals surface area contributed by atoms with Gasteiger partial charge in [-0.2, -0.15) is 13.2 Å². The Hall–Kier alpha value is -3.54. The van der Waals surface area contributed by atoms with Crippen molar-refractivity contribution in [3.05, 3.63) is 90.0 Å². The summed E-state index contributed by atoms with van der Waals surface area (Å²) in [6.45, 7) is 1.82. The van der Waals surface area contributed by atoms with E-state index in [1.807, 2.05) is 61.5 Å². The Bertz CT molecular complexity index is 1260. The maximum absolute atomic E-state index is 14.4. The molecule has 3 aromatic carbocycles. The zero-order valence-corrected chi connectivity index (χ0v) is 16.0. The predicted octanol–water partition coefficient (Wildman–Crippen LogP) is 6.30. The molecule has 1 aliphatic heterocycles. The molecule has 0 spiro atoms. The van der Waals surface area contributed by atoms with Crippen molar-refractivity contribution in [2.24, 2.45) is 4.99 Å². The van der Waals surface area contributed by atoms with Crippen LogP contribution >= 0.6 is 0 Å². The molecule has 2 heterocycles. The lowest BCUT2D eigenvalue weighted by atomic mass is 10.00. The zero-order valence-electron chi connectivity index (χ0n) is 16.0. The van der Waals surface area contributed by atoms with Gasteiger partial charge >= 0.3 is 11.9 Å². The average molecular weight is 406 g/mol.